The molecule has 0 aliphatic heterocycles. The Morgan fingerprint density at radius 1 is 0.256 bits per heavy atom. The van der Waals surface area contributed by atoms with Gasteiger partial charge in [0.15, 0.2) is 6.10 Å². The molecule has 0 amide bonds. The van der Waals surface area contributed by atoms with Crippen molar-refractivity contribution in [3.8, 4) is 0 Å². The molecule has 0 fully saturated rings. The molecule has 1 atom stereocenters. The van der Waals surface area contributed by atoms with E-state index in [4.69, 9.17) is 14.2 Å². The number of hydrogen-bond donors (Lipinski definition) is 0. The van der Waals surface area contributed by atoms with E-state index in [1.807, 2.05) is 0 Å². The highest BCUT2D eigenvalue weighted by Gasteiger charge is 2.19. The van der Waals surface area contributed by atoms with Crippen LogP contribution in [0.25, 0.3) is 0 Å². The summed E-state index contributed by atoms with van der Waals surface area (Å²) in [5.74, 6) is -0.928. The van der Waals surface area contributed by atoms with Crippen LogP contribution in [0.5, 0.6) is 0 Å². The summed E-state index contributed by atoms with van der Waals surface area (Å²) in [5, 5.41) is 0. The average Bonchev–Trinajstić information content (AvgIpc) is 3.47. The Balaban J connectivity index is 4.33. The highest BCUT2D eigenvalue weighted by atomic mass is 16.6. The topological polar surface area (TPSA) is 78.9 Å². The molecule has 0 aromatic heterocycles. The molecule has 0 aliphatic carbocycles. The van der Waals surface area contributed by atoms with Gasteiger partial charge in [0.25, 0.3) is 0 Å². The summed E-state index contributed by atoms with van der Waals surface area (Å²) >= 11 is 0. The molecule has 0 saturated carbocycles. The number of hydrogen-bond acceptors (Lipinski definition) is 6. The van der Waals surface area contributed by atoms with Crippen molar-refractivity contribution in [3.05, 3.63) is 146 Å². The fourth-order valence-corrected chi connectivity index (χ4v) is 9.06. The summed E-state index contributed by atoms with van der Waals surface area (Å²) in [4.78, 5) is 38.4. The van der Waals surface area contributed by atoms with Crippen LogP contribution in [0.3, 0.4) is 0 Å². The fourth-order valence-electron chi connectivity index (χ4n) is 9.06. The van der Waals surface area contributed by atoms with E-state index in [0.29, 0.717) is 19.3 Å². The maximum atomic E-state index is 12.9. The Hall–Kier alpha value is -4.71. The molecule has 464 valence electrons. The maximum Gasteiger partial charge on any atom is 0.306 e. The monoisotopic (exact) mass is 1130 g/mol. The number of carbonyl (C=O) groups excluding carboxylic acids is 3. The third kappa shape index (κ3) is 66.1. The molecule has 0 radical (unpaired) electrons. The first-order valence-corrected chi connectivity index (χ1v) is 33.8. The van der Waals surface area contributed by atoms with Crippen molar-refractivity contribution in [1.82, 2.24) is 0 Å². The first-order valence-electron chi connectivity index (χ1n) is 33.8. The third-order valence-corrected chi connectivity index (χ3v) is 14.1. The average molecular weight is 1130 g/mol. The maximum absolute atomic E-state index is 12.9. The molecule has 0 N–H and O–H groups in total. The number of carbonyl (C=O) groups is 3. The van der Waals surface area contributed by atoms with E-state index in [1.54, 1.807) is 0 Å². The first-order chi connectivity index (χ1) is 40.5. The standard InChI is InChI=1S/C76H124O6/c1-4-7-10-13-16-19-22-25-27-29-31-33-35-36-37-38-39-40-42-43-45-47-49-51-54-57-60-63-66-69-75(78)81-72-73(71-80-74(77)68-65-62-59-56-53-24-21-18-15-12-9-6-3)82-76(79)70-67-64-61-58-55-52-50-48-46-44-41-34-32-30-28-26-23-20-17-14-11-8-5-2/h7-8,10-11,16-21,25-28,31-34,36-37,44,46,50,52,73H,4-6,9,12-15,22-24,29-30,35,38-43,45,47-49,51,53-72H2,1-3H3/b10-7-,11-8-,19-16-,20-17-,21-18-,27-25-,28-26-,33-31-,34-32-,37-36-,46-44-,52-50-. The number of ether oxygens (including phenoxy) is 3. The molecule has 6 heteroatoms. The molecule has 0 aliphatic rings. The zero-order chi connectivity index (χ0) is 59.2. The summed E-state index contributed by atoms with van der Waals surface area (Å²) in [6, 6.07) is 0. The SMILES string of the molecule is CC/C=C\C/C=C\C/C=C\C/C=C\C/C=C\C/C=C\CCCCCCC(=O)OC(COC(=O)CCCCCCC/C=C\CCCCC)COC(=O)CCCCCCCCCCCCCCC/C=C\C/C=C\C/C=C\C/C=C\C/C=C\CC. The molecular formula is C76H124O6. The smallest absolute Gasteiger partial charge is 0.306 e. The molecule has 82 heavy (non-hydrogen) atoms. The zero-order valence-electron chi connectivity index (χ0n) is 53.2. The molecule has 0 rings (SSSR count). The lowest BCUT2D eigenvalue weighted by atomic mass is 10.0. The zero-order valence-corrected chi connectivity index (χ0v) is 53.2. The van der Waals surface area contributed by atoms with Gasteiger partial charge in [-0.1, -0.05) is 282 Å². The summed E-state index contributed by atoms with van der Waals surface area (Å²) in [6.07, 6.45) is 98.6. The largest absolute Gasteiger partial charge is 0.462 e. The van der Waals surface area contributed by atoms with Gasteiger partial charge < -0.3 is 14.2 Å². The highest BCUT2D eigenvalue weighted by Crippen LogP contribution is 2.16. The predicted octanol–water partition coefficient (Wildman–Crippen LogP) is 23.5. The van der Waals surface area contributed by atoms with Crippen molar-refractivity contribution in [2.75, 3.05) is 13.2 Å². The van der Waals surface area contributed by atoms with Crippen molar-refractivity contribution < 1.29 is 28.6 Å². The molecule has 0 aromatic rings. The molecule has 0 aromatic carbocycles. The van der Waals surface area contributed by atoms with Gasteiger partial charge in [-0.2, -0.15) is 0 Å². The van der Waals surface area contributed by atoms with Crippen molar-refractivity contribution in [3.63, 3.8) is 0 Å². The number of unbranched alkanes of at least 4 members (excludes halogenated alkanes) is 25. The normalized spacial score (nSPS) is 13.1. The van der Waals surface area contributed by atoms with E-state index >= 15 is 0 Å². The second-order valence-corrected chi connectivity index (χ2v) is 22.0. The summed E-state index contributed by atoms with van der Waals surface area (Å²) in [5.41, 5.74) is 0. The van der Waals surface area contributed by atoms with Crippen molar-refractivity contribution in [2.24, 2.45) is 0 Å². The Labute approximate surface area is 506 Å². The summed E-state index contributed by atoms with van der Waals surface area (Å²) in [7, 11) is 0. The fraction of sp³-hybridized carbons (Fsp3) is 0.645. The summed E-state index contributed by atoms with van der Waals surface area (Å²) < 4.78 is 16.9. The number of rotatable bonds is 60. The molecule has 0 spiro atoms. The third-order valence-electron chi connectivity index (χ3n) is 14.1. The quantitative estimate of drug-likeness (QED) is 0.0261. The van der Waals surface area contributed by atoms with Crippen molar-refractivity contribution in [1.29, 1.82) is 0 Å². The van der Waals surface area contributed by atoms with E-state index in [0.717, 1.165) is 154 Å². The molecule has 0 saturated heterocycles. The Morgan fingerprint density at radius 2 is 0.476 bits per heavy atom. The van der Waals surface area contributed by atoms with Crippen molar-refractivity contribution in [2.45, 2.75) is 303 Å². The molecule has 0 bridgehead atoms. The molecule has 0 heterocycles. The van der Waals surface area contributed by atoms with Crippen LogP contribution in [0, 0.1) is 0 Å². The van der Waals surface area contributed by atoms with Crippen LogP contribution in [0.1, 0.15) is 297 Å². The van der Waals surface area contributed by atoms with Gasteiger partial charge in [0, 0.05) is 19.3 Å². The van der Waals surface area contributed by atoms with Crippen LogP contribution >= 0.6 is 0 Å². The highest BCUT2D eigenvalue weighted by molar-refractivity contribution is 5.71. The van der Waals surface area contributed by atoms with Gasteiger partial charge in [-0.3, -0.25) is 14.4 Å². The Bertz CT molecular complexity index is 1780. The number of allylic oxidation sites excluding steroid dienone is 24. The van der Waals surface area contributed by atoms with Gasteiger partial charge in [-0.25, -0.2) is 0 Å². The van der Waals surface area contributed by atoms with Gasteiger partial charge in [0.05, 0.1) is 0 Å². The minimum atomic E-state index is -0.802. The lowest BCUT2D eigenvalue weighted by molar-refractivity contribution is -0.167. The van der Waals surface area contributed by atoms with E-state index < -0.39 is 6.10 Å². The second-order valence-electron chi connectivity index (χ2n) is 22.0. The van der Waals surface area contributed by atoms with Gasteiger partial charge in [0.1, 0.15) is 13.2 Å². The van der Waals surface area contributed by atoms with E-state index in [9.17, 15) is 14.4 Å². The number of esters is 3. The van der Waals surface area contributed by atoms with Crippen LogP contribution < -0.4 is 0 Å². The van der Waals surface area contributed by atoms with Gasteiger partial charge in [-0.15, -0.1) is 0 Å². The van der Waals surface area contributed by atoms with Crippen LogP contribution in [0.2, 0.25) is 0 Å². The van der Waals surface area contributed by atoms with Gasteiger partial charge in [0.2, 0.25) is 0 Å². The lowest BCUT2D eigenvalue weighted by Gasteiger charge is -2.18. The first kappa shape index (κ1) is 77.3. The minimum absolute atomic E-state index is 0.0953. The molecular weight excluding hydrogens is 1010 g/mol. The van der Waals surface area contributed by atoms with E-state index in [-0.39, 0.29) is 31.1 Å². The van der Waals surface area contributed by atoms with Crippen LogP contribution in [-0.4, -0.2) is 37.2 Å². The van der Waals surface area contributed by atoms with E-state index in [1.165, 1.54) is 103 Å². The second kappa shape index (κ2) is 68.8. The molecule has 1 unspecified atom stereocenters. The lowest BCUT2D eigenvalue weighted by Crippen LogP contribution is -2.30. The minimum Gasteiger partial charge on any atom is -0.462 e. The Kier molecular flexibility index (Phi) is 64.8. The van der Waals surface area contributed by atoms with Crippen molar-refractivity contribution >= 4 is 17.9 Å². The van der Waals surface area contributed by atoms with Crippen LogP contribution in [-0.2, 0) is 28.6 Å². The van der Waals surface area contributed by atoms with Crippen LogP contribution in [0.4, 0.5) is 0 Å². The predicted molar refractivity (Wildman–Crippen MR) is 357 cm³/mol. The molecule has 6 nitrogen and oxygen atoms in total. The van der Waals surface area contributed by atoms with Gasteiger partial charge >= 0.3 is 17.9 Å². The van der Waals surface area contributed by atoms with Gasteiger partial charge in [-0.05, 0) is 141 Å². The Morgan fingerprint density at radius 3 is 0.756 bits per heavy atom. The summed E-state index contributed by atoms with van der Waals surface area (Å²) in [6.45, 7) is 6.37. The van der Waals surface area contributed by atoms with Crippen LogP contribution in [0.15, 0.2) is 146 Å². The van der Waals surface area contributed by atoms with E-state index in [2.05, 4.69) is 167 Å².